The van der Waals surface area contributed by atoms with Gasteiger partial charge in [0.05, 0.1) is 15.6 Å². The first-order valence-corrected chi connectivity index (χ1v) is 11.6. The minimum Gasteiger partial charge on any atom is -0.368 e. The number of halogens is 1. The summed E-state index contributed by atoms with van der Waals surface area (Å²) in [7, 11) is -3.86. The van der Waals surface area contributed by atoms with E-state index in [9.17, 15) is 18.0 Å². The van der Waals surface area contributed by atoms with Crippen molar-refractivity contribution in [2.75, 3.05) is 9.62 Å². The Bertz CT molecular complexity index is 1140. The van der Waals surface area contributed by atoms with Crippen LogP contribution in [0.25, 0.3) is 0 Å². The van der Waals surface area contributed by atoms with Crippen LogP contribution in [0.5, 0.6) is 0 Å². The van der Waals surface area contributed by atoms with Crippen molar-refractivity contribution in [2.45, 2.75) is 42.5 Å². The summed E-state index contributed by atoms with van der Waals surface area (Å²) in [5.74, 6) is 0.707. The number of primary amides is 1. The summed E-state index contributed by atoms with van der Waals surface area (Å²) < 4.78 is 27.6. The van der Waals surface area contributed by atoms with Crippen molar-refractivity contribution in [1.29, 1.82) is 0 Å². The molecule has 0 heterocycles. The van der Waals surface area contributed by atoms with Gasteiger partial charge in [-0.05, 0) is 49.1 Å². The summed E-state index contributed by atoms with van der Waals surface area (Å²) >= 11 is 6.35. The average Bonchev–Trinajstić information content (AvgIpc) is 2.76. The Labute approximate surface area is 186 Å². The molecule has 0 aliphatic heterocycles. The number of benzene rings is 2. The van der Waals surface area contributed by atoms with Crippen molar-refractivity contribution in [2.24, 2.45) is 5.73 Å². The van der Waals surface area contributed by atoms with Gasteiger partial charge in [-0.1, -0.05) is 49.1 Å². The highest BCUT2D eigenvalue weighted by molar-refractivity contribution is 7.92. The summed E-state index contributed by atoms with van der Waals surface area (Å²) in [5.41, 5.74) is 4.87. The number of hydrogen-bond acceptors (Lipinski definition) is 4. The minimum atomic E-state index is -3.86. The maximum absolute atomic E-state index is 12.7. The van der Waals surface area contributed by atoms with Crippen LogP contribution in [0.4, 0.5) is 11.4 Å². The molecule has 7 nitrogen and oxygen atoms in total. The number of carbonyl (C=O) groups is 2. The van der Waals surface area contributed by atoms with E-state index in [-0.39, 0.29) is 21.3 Å². The molecule has 1 fully saturated rings. The van der Waals surface area contributed by atoms with E-state index in [0.717, 1.165) is 19.3 Å². The number of rotatable bonds is 6. The van der Waals surface area contributed by atoms with E-state index in [2.05, 4.69) is 10.6 Å². The molecule has 0 saturated heterocycles. The van der Waals surface area contributed by atoms with E-state index in [1.54, 1.807) is 18.2 Å². The van der Waals surface area contributed by atoms with E-state index in [1.807, 2.05) is 0 Å². The van der Waals surface area contributed by atoms with Crippen LogP contribution in [-0.4, -0.2) is 25.8 Å². The Morgan fingerprint density at radius 3 is 2.29 bits per heavy atom. The summed E-state index contributed by atoms with van der Waals surface area (Å²) in [5, 5.41) is 0.0438. The Balaban J connectivity index is 2.00. The number of sulfonamides is 1. The Hall–Kier alpha value is -3.02. The number of nitrogens with one attached hydrogen (secondary N) is 1. The van der Waals surface area contributed by atoms with Crippen molar-refractivity contribution in [1.82, 2.24) is 0 Å². The van der Waals surface area contributed by atoms with Gasteiger partial charge in [-0.15, -0.1) is 6.42 Å². The Kier molecular flexibility index (Phi) is 6.58. The molecule has 9 heteroatoms. The fraction of sp³-hybridized carbons (Fsp3) is 0.273. The highest BCUT2D eigenvalue weighted by Crippen LogP contribution is 2.39. The predicted molar refractivity (Wildman–Crippen MR) is 120 cm³/mol. The first-order valence-electron chi connectivity index (χ1n) is 9.69. The monoisotopic (exact) mass is 459 g/mol. The number of hydrogen-bond donors (Lipinski definition) is 2. The molecule has 0 aromatic heterocycles. The molecule has 1 aliphatic rings. The van der Waals surface area contributed by atoms with Crippen molar-refractivity contribution < 1.29 is 18.0 Å². The molecule has 2 amide bonds. The molecule has 0 unspecified atom stereocenters. The number of terminal acetylenes is 1. The van der Waals surface area contributed by atoms with E-state index in [1.165, 1.54) is 35.2 Å². The van der Waals surface area contributed by atoms with Crippen molar-refractivity contribution in [3.05, 3.63) is 53.6 Å². The van der Waals surface area contributed by atoms with Gasteiger partial charge in [0.2, 0.25) is 5.91 Å². The second-order valence-electron chi connectivity index (χ2n) is 7.32. The fourth-order valence-corrected chi connectivity index (χ4v) is 5.25. The van der Waals surface area contributed by atoms with E-state index in [0.29, 0.717) is 12.8 Å². The molecule has 2 aromatic rings. The molecular weight excluding hydrogens is 438 g/mol. The quantitative estimate of drug-likeness (QED) is 0.646. The molecule has 0 spiro atoms. The van der Waals surface area contributed by atoms with E-state index in [4.69, 9.17) is 23.8 Å². The van der Waals surface area contributed by atoms with Gasteiger partial charge >= 0.3 is 5.91 Å². The zero-order chi connectivity index (χ0) is 22.6. The third-order valence-electron chi connectivity index (χ3n) is 5.40. The molecule has 3 N–H and O–H groups in total. The number of anilines is 2. The lowest BCUT2D eigenvalue weighted by Crippen LogP contribution is -2.60. The van der Waals surface area contributed by atoms with Gasteiger partial charge < -0.3 is 5.73 Å². The van der Waals surface area contributed by atoms with Gasteiger partial charge in [0.15, 0.2) is 0 Å². The van der Waals surface area contributed by atoms with E-state index < -0.39 is 27.4 Å². The number of nitrogens with two attached hydrogens (primary N) is 1. The first kappa shape index (κ1) is 22.7. The van der Waals surface area contributed by atoms with Crippen LogP contribution in [-0.2, 0) is 19.6 Å². The maximum atomic E-state index is 12.7. The molecule has 31 heavy (non-hydrogen) atoms. The summed E-state index contributed by atoms with van der Waals surface area (Å²) in [6, 6.07) is 12.1. The number of carbonyl (C=O) groups excluding carboxylic acids is 2. The predicted octanol–water partition coefficient (Wildman–Crippen LogP) is 3.30. The SMILES string of the molecule is C#CC(=O)N(c1ccc(NS(=O)(=O)c2ccccc2)c(Cl)c1)C1(C(N)=O)CCCCC1. The summed E-state index contributed by atoms with van der Waals surface area (Å²) in [6.45, 7) is 0. The number of nitrogens with zero attached hydrogens (tertiary/aromatic N) is 1. The average molecular weight is 460 g/mol. The van der Waals surface area contributed by atoms with Gasteiger partial charge in [-0.25, -0.2) is 8.42 Å². The van der Waals surface area contributed by atoms with Crippen LogP contribution in [0.1, 0.15) is 32.1 Å². The van der Waals surface area contributed by atoms with Crippen molar-refractivity contribution in [3.63, 3.8) is 0 Å². The number of amides is 2. The second-order valence-corrected chi connectivity index (χ2v) is 9.41. The molecule has 1 aliphatic carbocycles. The highest BCUT2D eigenvalue weighted by atomic mass is 35.5. The van der Waals surface area contributed by atoms with E-state index >= 15 is 0 Å². The molecule has 0 atom stereocenters. The lowest BCUT2D eigenvalue weighted by Gasteiger charge is -2.43. The van der Waals surface area contributed by atoms with Gasteiger partial charge in [0.1, 0.15) is 5.54 Å². The fourth-order valence-electron chi connectivity index (χ4n) is 3.87. The third kappa shape index (κ3) is 4.53. The van der Waals surface area contributed by atoms with Gasteiger partial charge in [-0.2, -0.15) is 0 Å². The van der Waals surface area contributed by atoms with Gasteiger partial charge in [0, 0.05) is 5.69 Å². The minimum absolute atomic E-state index is 0.0438. The van der Waals surface area contributed by atoms with Crippen LogP contribution >= 0.6 is 11.6 Å². The van der Waals surface area contributed by atoms with Gasteiger partial charge in [-0.3, -0.25) is 19.2 Å². The molecule has 3 rings (SSSR count). The topological polar surface area (TPSA) is 110 Å². The summed E-state index contributed by atoms with van der Waals surface area (Å²) in [6.07, 6.45) is 8.51. The summed E-state index contributed by atoms with van der Waals surface area (Å²) in [4.78, 5) is 26.4. The standard InChI is InChI=1S/C22H22ClN3O4S/c1-2-20(27)26(22(21(24)28)13-7-4-8-14-22)16-11-12-19(18(23)15-16)25-31(29,30)17-9-5-3-6-10-17/h1,3,5-6,9-12,15,25H,4,7-8,13-14H2,(H2,24,28). The second kappa shape index (κ2) is 9.00. The van der Waals surface area contributed by atoms with Gasteiger partial charge in [0.25, 0.3) is 10.0 Å². The van der Waals surface area contributed by atoms with Crippen LogP contribution in [0.3, 0.4) is 0 Å². The molecule has 2 aromatic carbocycles. The lowest BCUT2D eigenvalue weighted by atomic mass is 9.79. The molecule has 162 valence electrons. The normalized spacial score (nSPS) is 15.5. The zero-order valence-corrected chi connectivity index (χ0v) is 18.2. The molecular formula is C22H22ClN3O4S. The zero-order valence-electron chi connectivity index (χ0n) is 16.7. The lowest BCUT2D eigenvalue weighted by molar-refractivity contribution is -0.127. The Morgan fingerprint density at radius 1 is 1.10 bits per heavy atom. The van der Waals surface area contributed by atoms with Crippen LogP contribution in [0, 0.1) is 12.3 Å². The molecule has 0 bridgehead atoms. The first-order chi connectivity index (χ1) is 14.7. The Morgan fingerprint density at radius 2 is 1.74 bits per heavy atom. The molecule has 1 saturated carbocycles. The van der Waals surface area contributed by atoms with Crippen LogP contribution in [0.2, 0.25) is 5.02 Å². The highest BCUT2D eigenvalue weighted by Gasteiger charge is 2.46. The maximum Gasteiger partial charge on any atom is 0.303 e. The van der Waals surface area contributed by atoms with Crippen LogP contribution < -0.4 is 15.4 Å². The largest absolute Gasteiger partial charge is 0.368 e. The van der Waals surface area contributed by atoms with Crippen LogP contribution in [0.15, 0.2) is 53.4 Å². The smallest absolute Gasteiger partial charge is 0.303 e. The van der Waals surface area contributed by atoms with Crippen molar-refractivity contribution in [3.8, 4) is 12.3 Å². The van der Waals surface area contributed by atoms with Crippen molar-refractivity contribution >= 4 is 44.8 Å². The third-order valence-corrected chi connectivity index (χ3v) is 7.10. The molecule has 0 radical (unpaired) electrons.